The summed E-state index contributed by atoms with van der Waals surface area (Å²) in [6, 6.07) is 21.1. The zero-order chi connectivity index (χ0) is 14.7. The molecule has 1 heterocycles. The number of nitrogens with zero attached hydrogens (tertiary/aromatic N) is 1. The Morgan fingerprint density at radius 2 is 1.52 bits per heavy atom. The maximum Gasteiger partial charge on any atom is 0.0706 e. The van der Waals surface area contributed by atoms with Crippen LogP contribution < -0.4 is 5.73 Å². The Morgan fingerprint density at radius 1 is 1.00 bits per heavy atom. The minimum atomic E-state index is -0.396. The van der Waals surface area contributed by atoms with Crippen molar-refractivity contribution in [3.05, 3.63) is 71.8 Å². The molecule has 0 amide bonds. The van der Waals surface area contributed by atoms with Crippen molar-refractivity contribution in [2.75, 3.05) is 19.6 Å². The van der Waals surface area contributed by atoms with Gasteiger partial charge in [-0.1, -0.05) is 67.6 Å². The predicted molar refractivity (Wildman–Crippen MR) is 88.1 cm³/mol. The second-order valence-electron chi connectivity index (χ2n) is 5.98. The third kappa shape index (κ3) is 2.61. The Bertz CT molecular complexity index is 525. The number of rotatable bonds is 4. The molecule has 0 aliphatic carbocycles. The first-order valence-corrected chi connectivity index (χ1v) is 7.87. The van der Waals surface area contributed by atoms with Gasteiger partial charge in [-0.05, 0) is 36.6 Å². The van der Waals surface area contributed by atoms with Gasteiger partial charge in [-0.15, -0.1) is 0 Å². The van der Waals surface area contributed by atoms with Gasteiger partial charge in [-0.2, -0.15) is 0 Å². The van der Waals surface area contributed by atoms with E-state index in [2.05, 4.69) is 72.5 Å². The Hall–Kier alpha value is -1.64. The number of hydrogen-bond donors (Lipinski definition) is 1. The second kappa shape index (κ2) is 6.00. The Balaban J connectivity index is 2.04. The van der Waals surface area contributed by atoms with Gasteiger partial charge in [0.2, 0.25) is 0 Å². The molecule has 2 aromatic carbocycles. The molecule has 0 saturated carbocycles. The van der Waals surface area contributed by atoms with Gasteiger partial charge >= 0.3 is 0 Å². The predicted octanol–water partition coefficient (Wildman–Crippen LogP) is 3.23. The lowest BCUT2D eigenvalue weighted by Gasteiger charge is -2.37. The van der Waals surface area contributed by atoms with E-state index in [0.717, 1.165) is 26.1 Å². The minimum Gasteiger partial charge on any atom is -0.317 e. The van der Waals surface area contributed by atoms with Gasteiger partial charge in [0.15, 0.2) is 0 Å². The standard InChI is InChI=1S/C19H24N2/c1-2-21-14-13-18(15-21)19(20,16-9-5-3-6-10-16)17-11-7-4-8-12-17/h3-12,18H,2,13-15,20H2,1H3. The van der Waals surface area contributed by atoms with E-state index in [1.807, 2.05) is 0 Å². The monoisotopic (exact) mass is 280 g/mol. The fourth-order valence-corrected chi connectivity index (χ4v) is 3.56. The first-order valence-electron chi connectivity index (χ1n) is 7.87. The van der Waals surface area contributed by atoms with Gasteiger partial charge in [0, 0.05) is 6.54 Å². The summed E-state index contributed by atoms with van der Waals surface area (Å²) in [4.78, 5) is 2.50. The van der Waals surface area contributed by atoms with Crippen LogP contribution in [-0.2, 0) is 5.54 Å². The van der Waals surface area contributed by atoms with Crippen molar-refractivity contribution < 1.29 is 0 Å². The normalized spacial score (nSPS) is 19.8. The van der Waals surface area contributed by atoms with Crippen LogP contribution in [0.15, 0.2) is 60.7 Å². The first kappa shape index (κ1) is 14.3. The summed E-state index contributed by atoms with van der Waals surface area (Å²) in [5, 5.41) is 0. The van der Waals surface area contributed by atoms with Crippen LogP contribution in [0.2, 0.25) is 0 Å². The van der Waals surface area contributed by atoms with E-state index in [1.54, 1.807) is 0 Å². The van der Waals surface area contributed by atoms with E-state index in [1.165, 1.54) is 11.1 Å². The van der Waals surface area contributed by atoms with Crippen molar-refractivity contribution in [2.45, 2.75) is 18.9 Å². The number of likely N-dealkylation sites (tertiary alicyclic amines) is 1. The molecule has 1 aliphatic heterocycles. The second-order valence-corrected chi connectivity index (χ2v) is 5.98. The number of benzene rings is 2. The van der Waals surface area contributed by atoms with Gasteiger partial charge in [0.05, 0.1) is 5.54 Å². The summed E-state index contributed by atoms with van der Waals surface area (Å²) < 4.78 is 0. The quantitative estimate of drug-likeness (QED) is 0.931. The summed E-state index contributed by atoms with van der Waals surface area (Å²) in [6.07, 6.45) is 1.16. The highest BCUT2D eigenvalue weighted by Crippen LogP contribution is 2.39. The van der Waals surface area contributed by atoms with Crippen LogP contribution in [0.4, 0.5) is 0 Å². The maximum atomic E-state index is 7.04. The molecule has 110 valence electrons. The smallest absolute Gasteiger partial charge is 0.0706 e. The molecule has 3 rings (SSSR count). The number of hydrogen-bond acceptors (Lipinski definition) is 2. The molecular formula is C19H24N2. The highest BCUT2D eigenvalue weighted by Gasteiger charge is 2.41. The van der Waals surface area contributed by atoms with Gasteiger partial charge < -0.3 is 10.6 Å². The molecule has 1 saturated heterocycles. The SMILES string of the molecule is CCN1CCC(C(N)(c2ccccc2)c2ccccc2)C1. The van der Waals surface area contributed by atoms with E-state index >= 15 is 0 Å². The Kier molecular flexibility index (Phi) is 4.09. The van der Waals surface area contributed by atoms with Gasteiger partial charge in [-0.25, -0.2) is 0 Å². The molecule has 0 bridgehead atoms. The largest absolute Gasteiger partial charge is 0.317 e. The third-order valence-electron chi connectivity index (χ3n) is 4.87. The van der Waals surface area contributed by atoms with Crippen molar-refractivity contribution in [2.24, 2.45) is 11.7 Å². The average molecular weight is 280 g/mol. The van der Waals surface area contributed by atoms with Crippen LogP contribution in [0, 0.1) is 5.92 Å². The van der Waals surface area contributed by atoms with Gasteiger partial charge in [0.1, 0.15) is 0 Å². The summed E-state index contributed by atoms with van der Waals surface area (Å²) in [7, 11) is 0. The van der Waals surface area contributed by atoms with Crippen LogP contribution in [0.3, 0.4) is 0 Å². The molecule has 2 aromatic rings. The van der Waals surface area contributed by atoms with E-state index < -0.39 is 5.54 Å². The lowest BCUT2D eigenvalue weighted by molar-refractivity contribution is 0.293. The average Bonchev–Trinajstić information content (AvgIpc) is 3.05. The summed E-state index contributed by atoms with van der Waals surface area (Å²) in [5.41, 5.74) is 9.08. The molecule has 21 heavy (non-hydrogen) atoms. The summed E-state index contributed by atoms with van der Waals surface area (Å²) in [6.45, 7) is 5.57. The van der Waals surface area contributed by atoms with Crippen molar-refractivity contribution >= 4 is 0 Å². The molecule has 2 N–H and O–H groups in total. The zero-order valence-corrected chi connectivity index (χ0v) is 12.7. The Morgan fingerprint density at radius 3 is 1.95 bits per heavy atom. The minimum absolute atomic E-state index is 0.396. The molecular weight excluding hydrogens is 256 g/mol. The van der Waals surface area contributed by atoms with Crippen LogP contribution in [0.25, 0.3) is 0 Å². The fourth-order valence-electron chi connectivity index (χ4n) is 3.56. The molecule has 0 spiro atoms. The van der Waals surface area contributed by atoms with Crippen LogP contribution in [-0.4, -0.2) is 24.5 Å². The molecule has 0 radical (unpaired) electrons. The highest BCUT2D eigenvalue weighted by atomic mass is 15.1. The zero-order valence-electron chi connectivity index (χ0n) is 12.7. The molecule has 0 aromatic heterocycles. The molecule has 1 unspecified atom stereocenters. The topological polar surface area (TPSA) is 29.3 Å². The summed E-state index contributed by atoms with van der Waals surface area (Å²) in [5.74, 6) is 0.460. The van der Waals surface area contributed by atoms with Crippen molar-refractivity contribution in [3.63, 3.8) is 0 Å². The van der Waals surface area contributed by atoms with E-state index in [4.69, 9.17) is 5.73 Å². The third-order valence-corrected chi connectivity index (χ3v) is 4.87. The van der Waals surface area contributed by atoms with Crippen LogP contribution >= 0.6 is 0 Å². The summed E-state index contributed by atoms with van der Waals surface area (Å²) >= 11 is 0. The van der Waals surface area contributed by atoms with Crippen molar-refractivity contribution in [1.29, 1.82) is 0 Å². The van der Waals surface area contributed by atoms with E-state index in [9.17, 15) is 0 Å². The highest BCUT2D eigenvalue weighted by molar-refractivity contribution is 5.39. The molecule has 1 fully saturated rings. The maximum absolute atomic E-state index is 7.04. The molecule has 2 heteroatoms. The molecule has 1 aliphatic rings. The van der Waals surface area contributed by atoms with Crippen molar-refractivity contribution in [3.8, 4) is 0 Å². The lowest BCUT2D eigenvalue weighted by Crippen LogP contribution is -2.46. The van der Waals surface area contributed by atoms with Crippen LogP contribution in [0.5, 0.6) is 0 Å². The van der Waals surface area contributed by atoms with Gasteiger partial charge in [-0.3, -0.25) is 0 Å². The van der Waals surface area contributed by atoms with Crippen molar-refractivity contribution in [1.82, 2.24) is 4.90 Å². The molecule has 2 nitrogen and oxygen atoms in total. The van der Waals surface area contributed by atoms with Gasteiger partial charge in [0.25, 0.3) is 0 Å². The fraction of sp³-hybridized carbons (Fsp3) is 0.368. The molecule has 1 atom stereocenters. The first-order chi connectivity index (χ1) is 10.2. The van der Waals surface area contributed by atoms with E-state index in [-0.39, 0.29) is 0 Å². The number of nitrogens with two attached hydrogens (primary N) is 1. The lowest BCUT2D eigenvalue weighted by atomic mass is 9.73. The Labute approximate surface area is 127 Å². The van der Waals surface area contributed by atoms with Crippen LogP contribution in [0.1, 0.15) is 24.5 Å². The van der Waals surface area contributed by atoms with E-state index in [0.29, 0.717) is 5.92 Å².